The third kappa shape index (κ3) is 3.09. The Labute approximate surface area is 132 Å². The first kappa shape index (κ1) is 15.3. The van der Waals surface area contributed by atoms with Crippen molar-refractivity contribution in [1.29, 1.82) is 0 Å². The standard InChI is InChI=1S/C17H27N5/c1-12-11-22-7-5-6-13(16(22)20-12)8-18-9-14-10-19-21-15(14)17(2,3)4/h10-11,13,18H,5-9H2,1-4H3,(H,19,21)/t13-/m1/s1. The summed E-state index contributed by atoms with van der Waals surface area (Å²) in [6.45, 7) is 11.7. The van der Waals surface area contributed by atoms with Gasteiger partial charge in [0, 0.05) is 48.4 Å². The second-order valence-corrected chi connectivity index (χ2v) is 7.42. The summed E-state index contributed by atoms with van der Waals surface area (Å²) in [7, 11) is 0. The Balaban J connectivity index is 1.62. The van der Waals surface area contributed by atoms with Crippen LogP contribution >= 0.6 is 0 Å². The van der Waals surface area contributed by atoms with E-state index in [9.17, 15) is 0 Å². The maximum Gasteiger partial charge on any atom is 0.113 e. The first-order chi connectivity index (χ1) is 10.4. The molecule has 0 aromatic carbocycles. The van der Waals surface area contributed by atoms with Gasteiger partial charge in [-0.15, -0.1) is 0 Å². The summed E-state index contributed by atoms with van der Waals surface area (Å²) in [6.07, 6.45) is 6.59. The monoisotopic (exact) mass is 301 g/mol. The molecule has 3 heterocycles. The molecule has 3 rings (SSSR count). The number of nitrogens with zero attached hydrogens (tertiary/aromatic N) is 3. The first-order valence-corrected chi connectivity index (χ1v) is 8.22. The van der Waals surface area contributed by atoms with Crippen molar-refractivity contribution >= 4 is 0 Å². The Kier molecular flexibility index (Phi) is 4.08. The lowest BCUT2D eigenvalue weighted by Crippen LogP contribution is -2.27. The zero-order valence-electron chi connectivity index (χ0n) is 14.1. The molecular weight excluding hydrogens is 274 g/mol. The van der Waals surface area contributed by atoms with Crippen LogP contribution in [-0.2, 0) is 18.5 Å². The van der Waals surface area contributed by atoms with Gasteiger partial charge in [-0.25, -0.2) is 4.98 Å². The number of imidazole rings is 1. The lowest BCUT2D eigenvalue weighted by Gasteiger charge is -2.24. The molecule has 120 valence electrons. The van der Waals surface area contributed by atoms with Crippen LogP contribution in [0.25, 0.3) is 0 Å². The molecule has 2 aromatic rings. The van der Waals surface area contributed by atoms with Crippen molar-refractivity contribution < 1.29 is 0 Å². The maximum atomic E-state index is 4.71. The molecule has 0 fully saturated rings. The van der Waals surface area contributed by atoms with Crippen molar-refractivity contribution in [3.8, 4) is 0 Å². The molecule has 1 atom stereocenters. The minimum Gasteiger partial charge on any atom is -0.334 e. The van der Waals surface area contributed by atoms with E-state index in [2.05, 4.69) is 54.0 Å². The summed E-state index contributed by atoms with van der Waals surface area (Å²) in [5, 5.41) is 11.0. The molecule has 0 amide bonds. The van der Waals surface area contributed by atoms with Gasteiger partial charge in [0.25, 0.3) is 0 Å². The summed E-state index contributed by atoms with van der Waals surface area (Å²) < 4.78 is 2.32. The van der Waals surface area contributed by atoms with Gasteiger partial charge >= 0.3 is 0 Å². The molecular formula is C17H27N5. The second kappa shape index (κ2) is 5.88. The van der Waals surface area contributed by atoms with E-state index in [0.717, 1.165) is 25.3 Å². The molecule has 0 aliphatic carbocycles. The first-order valence-electron chi connectivity index (χ1n) is 8.22. The van der Waals surface area contributed by atoms with Crippen molar-refractivity contribution in [2.24, 2.45) is 0 Å². The van der Waals surface area contributed by atoms with Gasteiger partial charge in [0.1, 0.15) is 5.82 Å². The van der Waals surface area contributed by atoms with Gasteiger partial charge in [-0.05, 0) is 19.8 Å². The number of fused-ring (bicyclic) bond motifs is 1. The van der Waals surface area contributed by atoms with Crippen LogP contribution in [-0.4, -0.2) is 26.3 Å². The van der Waals surface area contributed by atoms with E-state index in [1.165, 1.54) is 29.9 Å². The van der Waals surface area contributed by atoms with E-state index >= 15 is 0 Å². The lowest BCUT2D eigenvalue weighted by atomic mass is 9.89. The Morgan fingerprint density at radius 2 is 2.23 bits per heavy atom. The van der Waals surface area contributed by atoms with Crippen LogP contribution in [0.5, 0.6) is 0 Å². The molecule has 0 spiro atoms. The topological polar surface area (TPSA) is 58.5 Å². The van der Waals surface area contributed by atoms with Crippen LogP contribution in [0.4, 0.5) is 0 Å². The van der Waals surface area contributed by atoms with E-state index in [4.69, 9.17) is 4.98 Å². The van der Waals surface area contributed by atoms with E-state index in [1.807, 2.05) is 6.20 Å². The predicted molar refractivity (Wildman–Crippen MR) is 87.9 cm³/mol. The Hall–Kier alpha value is -1.62. The summed E-state index contributed by atoms with van der Waals surface area (Å²) >= 11 is 0. The van der Waals surface area contributed by atoms with E-state index in [0.29, 0.717) is 5.92 Å². The molecule has 0 saturated heterocycles. The van der Waals surface area contributed by atoms with Crippen LogP contribution in [0, 0.1) is 6.92 Å². The number of hydrogen-bond acceptors (Lipinski definition) is 3. The van der Waals surface area contributed by atoms with Gasteiger partial charge < -0.3 is 9.88 Å². The number of aryl methyl sites for hydroxylation is 2. The van der Waals surface area contributed by atoms with Crippen molar-refractivity contribution in [3.05, 3.63) is 35.2 Å². The van der Waals surface area contributed by atoms with Crippen LogP contribution in [0.2, 0.25) is 0 Å². The molecule has 1 aliphatic rings. The number of aromatic amines is 1. The normalized spacial score (nSPS) is 18.5. The number of rotatable bonds is 4. The molecule has 2 N–H and O–H groups in total. The summed E-state index contributed by atoms with van der Waals surface area (Å²) in [5.41, 5.74) is 3.72. The number of aromatic nitrogens is 4. The van der Waals surface area contributed by atoms with Crippen molar-refractivity contribution in [3.63, 3.8) is 0 Å². The van der Waals surface area contributed by atoms with Crippen LogP contribution in [0.3, 0.4) is 0 Å². The molecule has 5 heteroatoms. The molecule has 0 radical (unpaired) electrons. The van der Waals surface area contributed by atoms with E-state index in [-0.39, 0.29) is 5.41 Å². The van der Waals surface area contributed by atoms with Crippen LogP contribution < -0.4 is 5.32 Å². The second-order valence-electron chi connectivity index (χ2n) is 7.42. The number of nitrogens with one attached hydrogen (secondary N) is 2. The summed E-state index contributed by atoms with van der Waals surface area (Å²) in [5.74, 6) is 1.77. The number of H-pyrrole nitrogens is 1. The number of hydrogen-bond donors (Lipinski definition) is 2. The van der Waals surface area contributed by atoms with Gasteiger partial charge in [-0.3, -0.25) is 5.10 Å². The molecule has 5 nitrogen and oxygen atoms in total. The zero-order valence-corrected chi connectivity index (χ0v) is 14.1. The minimum atomic E-state index is 0.103. The average Bonchev–Trinajstić information content (AvgIpc) is 3.03. The predicted octanol–water partition coefficient (Wildman–Crippen LogP) is 2.88. The third-order valence-corrected chi connectivity index (χ3v) is 4.42. The summed E-state index contributed by atoms with van der Waals surface area (Å²) in [6, 6.07) is 0. The molecule has 0 unspecified atom stereocenters. The van der Waals surface area contributed by atoms with Crippen molar-refractivity contribution in [2.45, 2.75) is 65.0 Å². The Morgan fingerprint density at radius 3 is 3.00 bits per heavy atom. The van der Waals surface area contributed by atoms with Gasteiger partial charge in [-0.2, -0.15) is 5.10 Å². The highest BCUT2D eigenvalue weighted by Gasteiger charge is 2.23. The van der Waals surface area contributed by atoms with Crippen LogP contribution in [0.1, 0.15) is 62.3 Å². The largest absolute Gasteiger partial charge is 0.334 e. The maximum absolute atomic E-state index is 4.71. The highest BCUT2D eigenvalue weighted by Crippen LogP contribution is 2.27. The van der Waals surface area contributed by atoms with Crippen molar-refractivity contribution in [1.82, 2.24) is 25.1 Å². The zero-order chi connectivity index (χ0) is 15.7. The van der Waals surface area contributed by atoms with Gasteiger partial charge in [0.15, 0.2) is 0 Å². The highest BCUT2D eigenvalue weighted by molar-refractivity contribution is 5.23. The Bertz CT molecular complexity index is 632. The van der Waals surface area contributed by atoms with E-state index < -0.39 is 0 Å². The third-order valence-electron chi connectivity index (χ3n) is 4.42. The van der Waals surface area contributed by atoms with E-state index in [1.54, 1.807) is 0 Å². The SMILES string of the molecule is Cc1cn2c(n1)[C@@H](CNCc1cn[nH]c1C(C)(C)C)CCC2. The fourth-order valence-corrected chi connectivity index (χ4v) is 3.38. The average molecular weight is 301 g/mol. The van der Waals surface area contributed by atoms with Gasteiger partial charge in [0.05, 0.1) is 11.9 Å². The smallest absolute Gasteiger partial charge is 0.113 e. The molecule has 22 heavy (non-hydrogen) atoms. The molecule has 1 aliphatic heterocycles. The van der Waals surface area contributed by atoms with Crippen LogP contribution in [0.15, 0.2) is 12.4 Å². The fourth-order valence-electron chi connectivity index (χ4n) is 3.38. The molecule has 2 aromatic heterocycles. The molecule has 0 bridgehead atoms. The quantitative estimate of drug-likeness (QED) is 0.913. The van der Waals surface area contributed by atoms with Gasteiger partial charge in [-0.1, -0.05) is 20.8 Å². The minimum absolute atomic E-state index is 0.103. The molecule has 0 saturated carbocycles. The Morgan fingerprint density at radius 1 is 1.41 bits per heavy atom. The summed E-state index contributed by atoms with van der Waals surface area (Å²) in [4.78, 5) is 4.71. The lowest BCUT2D eigenvalue weighted by molar-refractivity contribution is 0.422. The van der Waals surface area contributed by atoms with Gasteiger partial charge in [0.2, 0.25) is 0 Å². The highest BCUT2D eigenvalue weighted by atomic mass is 15.1. The fraction of sp³-hybridized carbons (Fsp3) is 0.647. The van der Waals surface area contributed by atoms with Crippen molar-refractivity contribution in [2.75, 3.05) is 6.54 Å².